The second kappa shape index (κ2) is 10.0. The third-order valence-corrected chi connectivity index (χ3v) is 7.74. The van der Waals surface area contributed by atoms with Crippen LogP contribution in [0.5, 0.6) is 0 Å². The van der Waals surface area contributed by atoms with Gasteiger partial charge in [0.2, 0.25) is 10.0 Å². The van der Waals surface area contributed by atoms with Gasteiger partial charge in [-0.05, 0) is 30.3 Å². The van der Waals surface area contributed by atoms with Crippen LogP contribution in [0.2, 0.25) is 0 Å². The van der Waals surface area contributed by atoms with E-state index in [2.05, 4.69) is 5.32 Å². The molecular weight excluding hydrogens is 464 g/mol. The Labute approximate surface area is 204 Å². The number of morpholine rings is 1. The number of nitrogens with one attached hydrogen (secondary N) is 1. The molecule has 1 aliphatic rings. The Kier molecular flexibility index (Phi) is 6.65. The molecule has 0 saturated carbocycles. The highest BCUT2D eigenvalue weighted by Gasteiger charge is 2.27. The lowest BCUT2D eigenvalue weighted by Crippen LogP contribution is -2.40. The summed E-state index contributed by atoms with van der Waals surface area (Å²) in [6, 6.07) is 25.8. The maximum Gasteiger partial charge on any atom is 0.243 e. The molecule has 3 aromatic carbocycles. The van der Waals surface area contributed by atoms with Crippen molar-refractivity contribution in [3.8, 4) is 16.9 Å². The number of para-hydroxylation sites is 1. The van der Waals surface area contributed by atoms with Crippen molar-refractivity contribution in [3.05, 3.63) is 96.7 Å². The molecule has 35 heavy (non-hydrogen) atoms. The molecule has 9 heteroatoms. The largest absolute Gasteiger partial charge is 0.379 e. The van der Waals surface area contributed by atoms with Crippen molar-refractivity contribution in [2.45, 2.75) is 11.1 Å². The van der Waals surface area contributed by atoms with Crippen LogP contribution in [0.4, 0.5) is 5.69 Å². The van der Waals surface area contributed by atoms with Crippen LogP contribution in [0.25, 0.3) is 16.9 Å². The van der Waals surface area contributed by atoms with E-state index < -0.39 is 16.3 Å². The number of anilines is 1. The fourth-order valence-electron chi connectivity index (χ4n) is 4.04. The van der Waals surface area contributed by atoms with E-state index in [0.29, 0.717) is 43.2 Å². The van der Waals surface area contributed by atoms with Gasteiger partial charge in [0, 0.05) is 36.1 Å². The van der Waals surface area contributed by atoms with Gasteiger partial charge in [0.1, 0.15) is 5.69 Å². The maximum absolute atomic E-state index is 13.1. The molecule has 180 valence electrons. The molecule has 0 spiro atoms. The molecule has 2 N–H and O–H groups in total. The van der Waals surface area contributed by atoms with Gasteiger partial charge in [-0.25, -0.2) is 13.1 Å². The van der Waals surface area contributed by atoms with Gasteiger partial charge in [-0.2, -0.15) is 9.40 Å². The minimum Gasteiger partial charge on any atom is -0.379 e. The summed E-state index contributed by atoms with van der Waals surface area (Å²) in [5, 5.41) is 19.0. The summed E-state index contributed by atoms with van der Waals surface area (Å²) in [7, 11) is -3.65. The monoisotopic (exact) mass is 490 g/mol. The molecule has 0 radical (unpaired) electrons. The number of rotatable bonds is 7. The first kappa shape index (κ1) is 23.3. The standard InChI is InChI=1S/C26H26N4O4S/c31-26(27-21-10-7-13-23(18-21)35(32,33)29-14-16-34-17-15-29)24-19-30(22-11-5-2-6-12-22)28-25(24)20-8-3-1-4-9-20/h1-13,18-19,26-27,31H,14-17H2. The van der Waals surface area contributed by atoms with Crippen molar-refractivity contribution in [2.24, 2.45) is 0 Å². The zero-order valence-corrected chi connectivity index (χ0v) is 19.8. The van der Waals surface area contributed by atoms with Crippen molar-refractivity contribution in [2.75, 3.05) is 31.6 Å². The summed E-state index contributed by atoms with van der Waals surface area (Å²) < 4.78 is 34.5. The average Bonchev–Trinajstić information content (AvgIpc) is 3.36. The quantitative estimate of drug-likeness (QED) is 0.384. The minimum atomic E-state index is -3.65. The Balaban J connectivity index is 1.45. The topological polar surface area (TPSA) is 96.7 Å². The number of hydrogen-bond donors (Lipinski definition) is 2. The zero-order chi connectivity index (χ0) is 24.3. The molecule has 5 rings (SSSR count). The fourth-order valence-corrected chi connectivity index (χ4v) is 5.49. The Hall–Kier alpha value is -3.50. The van der Waals surface area contributed by atoms with Gasteiger partial charge >= 0.3 is 0 Å². The highest BCUT2D eigenvalue weighted by Crippen LogP contribution is 2.30. The summed E-state index contributed by atoms with van der Waals surface area (Å²) in [6.07, 6.45) is 0.660. The van der Waals surface area contributed by atoms with E-state index in [1.807, 2.05) is 60.7 Å². The molecule has 0 amide bonds. The van der Waals surface area contributed by atoms with Crippen LogP contribution in [0.1, 0.15) is 11.8 Å². The van der Waals surface area contributed by atoms with E-state index in [4.69, 9.17) is 9.84 Å². The number of aliphatic hydroxyl groups excluding tert-OH is 1. The molecule has 1 fully saturated rings. The maximum atomic E-state index is 13.1. The van der Waals surface area contributed by atoms with E-state index in [0.717, 1.165) is 11.3 Å². The number of benzene rings is 3. The predicted octanol–water partition coefficient (Wildman–Crippen LogP) is 3.66. The Morgan fingerprint density at radius 1 is 0.914 bits per heavy atom. The van der Waals surface area contributed by atoms with Gasteiger partial charge in [-0.3, -0.25) is 0 Å². The van der Waals surface area contributed by atoms with E-state index in [-0.39, 0.29) is 4.90 Å². The van der Waals surface area contributed by atoms with Crippen molar-refractivity contribution in [1.29, 1.82) is 0 Å². The first-order valence-electron chi connectivity index (χ1n) is 11.4. The van der Waals surface area contributed by atoms with Crippen molar-refractivity contribution < 1.29 is 18.3 Å². The van der Waals surface area contributed by atoms with E-state index >= 15 is 0 Å². The summed E-state index contributed by atoms with van der Waals surface area (Å²) in [4.78, 5) is 0.167. The Morgan fingerprint density at radius 3 is 2.31 bits per heavy atom. The lowest BCUT2D eigenvalue weighted by Gasteiger charge is -2.26. The van der Waals surface area contributed by atoms with Crippen molar-refractivity contribution >= 4 is 15.7 Å². The van der Waals surface area contributed by atoms with Crippen LogP contribution < -0.4 is 5.32 Å². The normalized spacial score (nSPS) is 15.6. The highest BCUT2D eigenvalue weighted by molar-refractivity contribution is 7.89. The summed E-state index contributed by atoms with van der Waals surface area (Å²) in [6.45, 7) is 1.40. The molecule has 8 nitrogen and oxygen atoms in total. The number of hydrogen-bond acceptors (Lipinski definition) is 6. The zero-order valence-electron chi connectivity index (χ0n) is 19.0. The molecule has 1 atom stereocenters. The van der Waals surface area contributed by atoms with Crippen LogP contribution in [-0.4, -0.2) is 53.9 Å². The SMILES string of the molecule is O=S(=O)(c1cccc(NC(O)c2cn(-c3ccccc3)nc2-c2ccccc2)c1)N1CCOCC1. The molecule has 1 aromatic heterocycles. The molecule has 1 aliphatic heterocycles. The second-order valence-electron chi connectivity index (χ2n) is 8.17. The van der Waals surface area contributed by atoms with Crippen LogP contribution in [0.15, 0.2) is 96.0 Å². The van der Waals surface area contributed by atoms with E-state index in [9.17, 15) is 13.5 Å². The van der Waals surface area contributed by atoms with Gasteiger partial charge in [-0.15, -0.1) is 0 Å². The fraction of sp³-hybridized carbons (Fsp3) is 0.192. The smallest absolute Gasteiger partial charge is 0.243 e. The van der Waals surface area contributed by atoms with Crippen molar-refractivity contribution in [3.63, 3.8) is 0 Å². The van der Waals surface area contributed by atoms with E-state index in [1.165, 1.54) is 10.4 Å². The highest BCUT2D eigenvalue weighted by atomic mass is 32.2. The van der Waals surface area contributed by atoms with Gasteiger partial charge < -0.3 is 15.2 Å². The molecule has 2 heterocycles. The molecule has 0 bridgehead atoms. The minimum absolute atomic E-state index is 0.167. The van der Waals surface area contributed by atoms with Crippen molar-refractivity contribution in [1.82, 2.24) is 14.1 Å². The molecule has 1 unspecified atom stereocenters. The Bertz CT molecular complexity index is 1390. The van der Waals surface area contributed by atoms with Crippen LogP contribution in [0, 0.1) is 0 Å². The van der Waals surface area contributed by atoms with Crippen LogP contribution in [-0.2, 0) is 14.8 Å². The van der Waals surface area contributed by atoms with Gasteiger partial charge in [0.05, 0.1) is 23.8 Å². The number of sulfonamides is 1. The third kappa shape index (κ3) is 4.98. The van der Waals surface area contributed by atoms with Crippen LogP contribution >= 0.6 is 0 Å². The first-order valence-corrected chi connectivity index (χ1v) is 12.8. The number of nitrogens with zero attached hydrogens (tertiary/aromatic N) is 3. The third-order valence-electron chi connectivity index (χ3n) is 5.85. The number of aromatic nitrogens is 2. The number of aliphatic hydroxyl groups is 1. The lowest BCUT2D eigenvalue weighted by molar-refractivity contribution is 0.0730. The predicted molar refractivity (Wildman–Crippen MR) is 134 cm³/mol. The molecule has 0 aliphatic carbocycles. The van der Waals surface area contributed by atoms with Gasteiger partial charge in [0.15, 0.2) is 6.23 Å². The number of ether oxygens (including phenoxy) is 1. The summed E-state index contributed by atoms with van der Waals surface area (Å²) >= 11 is 0. The van der Waals surface area contributed by atoms with Gasteiger partial charge in [-0.1, -0.05) is 54.6 Å². The Morgan fingerprint density at radius 2 is 1.60 bits per heavy atom. The molecule has 1 saturated heterocycles. The first-order chi connectivity index (χ1) is 17.0. The summed E-state index contributed by atoms with van der Waals surface area (Å²) in [5.74, 6) is 0. The lowest BCUT2D eigenvalue weighted by atomic mass is 10.1. The second-order valence-corrected chi connectivity index (χ2v) is 10.1. The van der Waals surface area contributed by atoms with Gasteiger partial charge in [0.25, 0.3) is 0 Å². The molecular formula is C26H26N4O4S. The van der Waals surface area contributed by atoms with Crippen LogP contribution in [0.3, 0.4) is 0 Å². The summed E-state index contributed by atoms with van der Waals surface area (Å²) in [5.41, 5.74) is 3.41. The average molecular weight is 491 g/mol. The van der Waals surface area contributed by atoms with E-state index in [1.54, 1.807) is 29.1 Å². The molecule has 4 aromatic rings.